The van der Waals surface area contributed by atoms with E-state index in [-0.39, 0.29) is 0 Å². The topological polar surface area (TPSA) is 46.5 Å². The van der Waals surface area contributed by atoms with Crippen LogP contribution in [-0.4, -0.2) is 24.3 Å². The predicted octanol–water partition coefficient (Wildman–Crippen LogP) is 3.74. The molecule has 1 heterocycles. The zero-order valence-electron chi connectivity index (χ0n) is 11.4. The van der Waals surface area contributed by atoms with Crippen molar-refractivity contribution in [3.05, 3.63) is 34.3 Å². The lowest BCUT2D eigenvalue weighted by atomic mass is 9.78. The van der Waals surface area contributed by atoms with Crippen molar-refractivity contribution in [3.63, 3.8) is 0 Å². The number of halogens is 1. The highest BCUT2D eigenvalue weighted by molar-refractivity contribution is 6.31. The van der Waals surface area contributed by atoms with Crippen molar-refractivity contribution in [2.75, 3.05) is 13.2 Å². The number of aliphatic carboxylic acids is 1. The number of hydrogen-bond acceptors (Lipinski definition) is 2. The van der Waals surface area contributed by atoms with Crippen molar-refractivity contribution in [1.82, 2.24) is 0 Å². The Balaban J connectivity index is 1.95. The lowest BCUT2D eigenvalue weighted by Crippen LogP contribution is -2.32. The molecular weight excluding hydrogens is 276 g/mol. The molecule has 3 nitrogen and oxygen atoms in total. The summed E-state index contributed by atoms with van der Waals surface area (Å²) in [5.41, 5.74) is 1.22. The minimum absolute atomic E-state index is 0.348. The summed E-state index contributed by atoms with van der Waals surface area (Å²) in [7, 11) is 0. The molecular formula is C16H19ClO3. The van der Waals surface area contributed by atoms with E-state index in [4.69, 9.17) is 16.3 Å². The number of carboxylic acids is 1. The molecule has 1 aliphatic heterocycles. The summed E-state index contributed by atoms with van der Waals surface area (Å²) in [6, 6.07) is 5.83. The second kappa shape index (κ2) is 5.38. The molecule has 1 atom stereocenters. The number of benzene rings is 1. The fraction of sp³-hybridized carbons (Fsp3) is 0.562. The van der Waals surface area contributed by atoms with Gasteiger partial charge in [-0.05, 0) is 36.5 Å². The molecule has 1 N–H and O–H groups in total. The smallest absolute Gasteiger partial charge is 0.314 e. The first-order chi connectivity index (χ1) is 9.63. The van der Waals surface area contributed by atoms with Crippen LogP contribution in [-0.2, 0) is 14.9 Å². The van der Waals surface area contributed by atoms with Crippen LogP contribution < -0.4 is 0 Å². The monoisotopic (exact) mass is 294 g/mol. The molecule has 3 rings (SSSR count). The molecule has 20 heavy (non-hydrogen) atoms. The van der Waals surface area contributed by atoms with Crippen LogP contribution in [0.15, 0.2) is 18.2 Å². The van der Waals surface area contributed by atoms with Gasteiger partial charge in [-0.25, -0.2) is 0 Å². The largest absolute Gasteiger partial charge is 0.481 e. The van der Waals surface area contributed by atoms with Crippen LogP contribution in [0, 0.1) is 0 Å². The molecule has 0 aromatic heterocycles. The van der Waals surface area contributed by atoms with E-state index in [1.54, 1.807) is 0 Å². The Morgan fingerprint density at radius 1 is 1.35 bits per heavy atom. The van der Waals surface area contributed by atoms with E-state index in [0.717, 1.165) is 37.0 Å². The zero-order valence-corrected chi connectivity index (χ0v) is 12.2. The highest BCUT2D eigenvalue weighted by Crippen LogP contribution is 2.43. The summed E-state index contributed by atoms with van der Waals surface area (Å²) in [5.74, 6) is -0.371. The Morgan fingerprint density at radius 3 is 2.65 bits per heavy atom. The van der Waals surface area contributed by atoms with Gasteiger partial charge in [0.05, 0.1) is 12.0 Å². The van der Waals surface area contributed by atoms with Crippen molar-refractivity contribution in [1.29, 1.82) is 0 Å². The average molecular weight is 295 g/mol. The van der Waals surface area contributed by atoms with Gasteiger partial charge >= 0.3 is 5.97 Å². The number of rotatable bonds is 3. The standard InChI is InChI=1S/C16H19ClO3/c17-14-9-12(16(15(18)19)6-1-2-7-16)3-4-13(14)11-5-8-20-10-11/h3-4,9,11H,1-2,5-8,10H2,(H,18,19). The maximum atomic E-state index is 11.7. The van der Waals surface area contributed by atoms with E-state index < -0.39 is 11.4 Å². The van der Waals surface area contributed by atoms with Crippen molar-refractivity contribution in [3.8, 4) is 0 Å². The summed E-state index contributed by atoms with van der Waals surface area (Å²) in [6.07, 6.45) is 4.36. The van der Waals surface area contributed by atoms with Gasteiger partial charge in [-0.2, -0.15) is 0 Å². The van der Waals surface area contributed by atoms with E-state index in [0.29, 0.717) is 30.4 Å². The molecule has 1 unspecified atom stereocenters. The quantitative estimate of drug-likeness (QED) is 0.924. The second-order valence-electron chi connectivity index (χ2n) is 5.89. The Morgan fingerprint density at radius 2 is 2.10 bits per heavy atom. The Kier molecular flexibility index (Phi) is 3.74. The van der Waals surface area contributed by atoms with Crippen LogP contribution in [0.5, 0.6) is 0 Å². The van der Waals surface area contributed by atoms with Crippen LogP contribution in [0.2, 0.25) is 5.02 Å². The van der Waals surface area contributed by atoms with Crippen LogP contribution in [0.3, 0.4) is 0 Å². The maximum Gasteiger partial charge on any atom is 0.314 e. The number of carboxylic acid groups (broad SMARTS) is 1. The predicted molar refractivity (Wildman–Crippen MR) is 77.4 cm³/mol. The fourth-order valence-electron chi connectivity index (χ4n) is 3.54. The van der Waals surface area contributed by atoms with Gasteiger partial charge < -0.3 is 9.84 Å². The highest BCUT2D eigenvalue weighted by Gasteiger charge is 2.43. The third-order valence-electron chi connectivity index (χ3n) is 4.79. The number of ether oxygens (including phenoxy) is 1. The van der Waals surface area contributed by atoms with E-state index in [2.05, 4.69) is 0 Å². The highest BCUT2D eigenvalue weighted by atomic mass is 35.5. The van der Waals surface area contributed by atoms with Gasteiger partial charge in [-0.1, -0.05) is 36.6 Å². The normalized spacial score (nSPS) is 24.9. The van der Waals surface area contributed by atoms with E-state index >= 15 is 0 Å². The maximum absolute atomic E-state index is 11.7. The molecule has 2 aliphatic rings. The first kappa shape index (κ1) is 13.9. The summed E-state index contributed by atoms with van der Waals surface area (Å²) < 4.78 is 5.40. The molecule has 1 aromatic rings. The Bertz CT molecular complexity index is 514. The minimum Gasteiger partial charge on any atom is -0.481 e. The third kappa shape index (κ3) is 2.23. The van der Waals surface area contributed by atoms with Crippen LogP contribution in [0.25, 0.3) is 0 Å². The lowest BCUT2D eigenvalue weighted by Gasteiger charge is -2.25. The van der Waals surface area contributed by atoms with Crippen molar-refractivity contribution < 1.29 is 14.6 Å². The van der Waals surface area contributed by atoms with Gasteiger partial charge in [0.1, 0.15) is 0 Å². The minimum atomic E-state index is -0.728. The van der Waals surface area contributed by atoms with Crippen LogP contribution in [0.1, 0.15) is 49.1 Å². The van der Waals surface area contributed by atoms with E-state index in [1.165, 1.54) is 0 Å². The molecule has 0 bridgehead atoms. The van der Waals surface area contributed by atoms with Crippen molar-refractivity contribution in [2.24, 2.45) is 0 Å². The molecule has 1 saturated heterocycles. The van der Waals surface area contributed by atoms with Gasteiger partial charge in [-0.15, -0.1) is 0 Å². The molecule has 2 fully saturated rings. The molecule has 0 radical (unpaired) electrons. The van der Waals surface area contributed by atoms with Gasteiger partial charge in [0.25, 0.3) is 0 Å². The first-order valence-electron chi connectivity index (χ1n) is 7.24. The summed E-state index contributed by atoms with van der Waals surface area (Å²) in [5, 5.41) is 10.3. The first-order valence-corrected chi connectivity index (χ1v) is 7.62. The van der Waals surface area contributed by atoms with Crippen molar-refractivity contribution >= 4 is 17.6 Å². The van der Waals surface area contributed by atoms with Crippen LogP contribution >= 0.6 is 11.6 Å². The molecule has 1 aliphatic carbocycles. The zero-order chi connectivity index (χ0) is 14.2. The van der Waals surface area contributed by atoms with Crippen molar-refractivity contribution in [2.45, 2.75) is 43.4 Å². The Hall–Kier alpha value is -1.06. The molecule has 108 valence electrons. The van der Waals surface area contributed by atoms with Gasteiger partial charge in [0.15, 0.2) is 0 Å². The van der Waals surface area contributed by atoms with E-state index in [1.807, 2.05) is 18.2 Å². The number of hydrogen-bond donors (Lipinski definition) is 1. The van der Waals surface area contributed by atoms with Crippen LogP contribution in [0.4, 0.5) is 0 Å². The number of carbonyl (C=O) groups is 1. The molecule has 0 spiro atoms. The lowest BCUT2D eigenvalue weighted by molar-refractivity contribution is -0.143. The van der Waals surface area contributed by atoms with Gasteiger partial charge in [0, 0.05) is 17.5 Å². The van der Waals surface area contributed by atoms with Gasteiger partial charge in [0.2, 0.25) is 0 Å². The third-order valence-corrected chi connectivity index (χ3v) is 5.12. The second-order valence-corrected chi connectivity index (χ2v) is 6.30. The summed E-state index contributed by atoms with van der Waals surface area (Å²) >= 11 is 6.41. The fourth-order valence-corrected chi connectivity index (χ4v) is 3.88. The summed E-state index contributed by atoms with van der Waals surface area (Å²) in [6.45, 7) is 1.49. The molecule has 1 saturated carbocycles. The average Bonchev–Trinajstić information content (AvgIpc) is 3.11. The molecule has 0 amide bonds. The summed E-state index contributed by atoms with van der Waals surface area (Å²) in [4.78, 5) is 11.7. The van der Waals surface area contributed by atoms with E-state index in [9.17, 15) is 9.90 Å². The Labute approximate surface area is 123 Å². The molecule has 4 heteroatoms. The SMILES string of the molecule is O=C(O)C1(c2ccc(C3CCOC3)c(Cl)c2)CCCC1. The van der Waals surface area contributed by atoms with Gasteiger partial charge in [-0.3, -0.25) is 4.79 Å². The molecule has 1 aromatic carbocycles.